The van der Waals surface area contributed by atoms with Gasteiger partial charge in [0.2, 0.25) is 5.95 Å². The van der Waals surface area contributed by atoms with Crippen molar-refractivity contribution < 1.29 is 13.6 Å². The molecule has 0 bridgehead atoms. The molecule has 0 spiro atoms. The molecule has 24 heavy (non-hydrogen) atoms. The zero-order chi connectivity index (χ0) is 17.6. The Balaban J connectivity index is 2.18. The third kappa shape index (κ3) is 2.86. The van der Waals surface area contributed by atoms with E-state index >= 15 is 0 Å². The third-order valence-electron chi connectivity index (χ3n) is 4.14. The van der Waals surface area contributed by atoms with Gasteiger partial charge < -0.3 is 4.90 Å². The van der Waals surface area contributed by atoms with E-state index in [2.05, 4.69) is 9.97 Å². The van der Waals surface area contributed by atoms with Crippen LogP contribution in [0.25, 0.3) is 11.0 Å². The van der Waals surface area contributed by atoms with Crippen molar-refractivity contribution in [3.8, 4) is 0 Å². The van der Waals surface area contributed by atoms with Gasteiger partial charge in [0.1, 0.15) is 10.7 Å². The van der Waals surface area contributed by atoms with Gasteiger partial charge in [0.15, 0.2) is 11.3 Å². The number of halogens is 3. The maximum atomic E-state index is 13.4. The first-order valence-electron chi connectivity index (χ1n) is 7.40. The van der Waals surface area contributed by atoms with Crippen LogP contribution < -0.4 is 10.5 Å². The lowest BCUT2D eigenvalue weighted by molar-refractivity contribution is -0.0223. The summed E-state index contributed by atoms with van der Waals surface area (Å²) in [4.78, 5) is 34.4. The minimum absolute atomic E-state index is 0.0127. The minimum Gasteiger partial charge on any atom is -0.342 e. The number of ketones is 1. The fourth-order valence-corrected chi connectivity index (χ4v) is 2.97. The van der Waals surface area contributed by atoms with Crippen molar-refractivity contribution in [2.45, 2.75) is 25.7 Å². The summed E-state index contributed by atoms with van der Waals surface area (Å²) in [7, 11) is 1.49. The molecule has 3 rings (SSSR count). The Bertz CT molecular complexity index is 887. The number of anilines is 1. The van der Waals surface area contributed by atoms with Crippen LogP contribution >= 0.6 is 11.6 Å². The summed E-state index contributed by atoms with van der Waals surface area (Å²) in [5.74, 6) is -2.76. The third-order valence-corrected chi connectivity index (χ3v) is 4.33. The van der Waals surface area contributed by atoms with Crippen LogP contribution in [0.4, 0.5) is 14.7 Å². The first-order chi connectivity index (χ1) is 11.2. The normalized spacial score (nSPS) is 17.3. The summed E-state index contributed by atoms with van der Waals surface area (Å²) in [5, 5.41) is 0.0250. The van der Waals surface area contributed by atoms with E-state index in [0.717, 1.165) is 0 Å². The van der Waals surface area contributed by atoms with E-state index in [1.807, 2.05) is 0 Å². The predicted octanol–water partition coefficient (Wildman–Crippen LogP) is 2.42. The Morgan fingerprint density at radius 3 is 2.46 bits per heavy atom. The molecule has 1 aliphatic heterocycles. The van der Waals surface area contributed by atoms with E-state index in [1.165, 1.54) is 24.6 Å². The lowest BCUT2D eigenvalue weighted by Crippen LogP contribution is -2.42. The average molecular weight is 357 g/mol. The molecule has 3 heterocycles. The maximum Gasteiger partial charge on any atom is 0.281 e. The number of hydrogen-bond acceptors (Lipinski definition) is 5. The van der Waals surface area contributed by atoms with Crippen LogP contribution in [0.1, 0.15) is 30.1 Å². The molecular weight excluding hydrogens is 342 g/mol. The van der Waals surface area contributed by atoms with Gasteiger partial charge in [0.25, 0.3) is 11.5 Å². The number of carbonyl (C=O) groups is 1. The van der Waals surface area contributed by atoms with E-state index in [1.54, 1.807) is 4.90 Å². The van der Waals surface area contributed by atoms with E-state index in [4.69, 9.17) is 11.6 Å². The number of fused-ring (bicyclic) bond motifs is 1. The van der Waals surface area contributed by atoms with Gasteiger partial charge in [0.05, 0.1) is 0 Å². The highest BCUT2D eigenvalue weighted by Crippen LogP contribution is 2.30. The Morgan fingerprint density at radius 1 is 1.25 bits per heavy atom. The number of Topliss-reactive ketones (excluding diaryl/α,β-unsaturated/α-hetero) is 1. The predicted molar refractivity (Wildman–Crippen MR) is 86.2 cm³/mol. The molecule has 1 aliphatic rings. The largest absolute Gasteiger partial charge is 0.342 e. The molecule has 9 heteroatoms. The smallest absolute Gasteiger partial charge is 0.281 e. The monoisotopic (exact) mass is 356 g/mol. The number of hydrogen-bond donors (Lipinski definition) is 0. The standard InChI is InChI=1S/C15H15ClF2N4O2/c1-8(23)9-7-10(16)19-12-11(9)20-14(21(2)13(12)24)22-5-3-15(17,18)4-6-22/h7H,3-6H2,1-2H3. The SMILES string of the molecule is CC(=O)c1cc(Cl)nc2c(=O)n(C)c(N3CCC(F)(F)CC3)nc12. The maximum absolute atomic E-state index is 13.4. The van der Waals surface area contributed by atoms with Crippen LogP contribution in [0, 0.1) is 0 Å². The first-order valence-corrected chi connectivity index (χ1v) is 7.78. The number of rotatable bonds is 2. The second-order valence-corrected chi connectivity index (χ2v) is 6.25. The highest BCUT2D eigenvalue weighted by Gasteiger charge is 2.35. The quantitative estimate of drug-likeness (QED) is 0.610. The molecule has 1 fully saturated rings. The van der Waals surface area contributed by atoms with Crippen LogP contribution in [0.5, 0.6) is 0 Å². The fraction of sp³-hybridized carbons (Fsp3) is 0.467. The van der Waals surface area contributed by atoms with E-state index in [0.29, 0.717) is 0 Å². The molecule has 0 N–H and O–H groups in total. The van der Waals surface area contributed by atoms with Crippen molar-refractivity contribution in [3.63, 3.8) is 0 Å². The second-order valence-electron chi connectivity index (χ2n) is 5.86. The molecule has 2 aromatic rings. The second kappa shape index (κ2) is 5.77. The van der Waals surface area contributed by atoms with Gasteiger partial charge in [-0.3, -0.25) is 14.2 Å². The van der Waals surface area contributed by atoms with Crippen LogP contribution in [-0.4, -0.2) is 39.3 Å². The lowest BCUT2D eigenvalue weighted by atomic mass is 10.1. The Hall–Kier alpha value is -2.09. The zero-order valence-electron chi connectivity index (χ0n) is 13.1. The molecule has 0 radical (unpaired) electrons. The highest BCUT2D eigenvalue weighted by atomic mass is 35.5. The van der Waals surface area contributed by atoms with Crippen LogP contribution in [0.3, 0.4) is 0 Å². The molecule has 0 aliphatic carbocycles. The fourth-order valence-electron chi connectivity index (χ4n) is 2.78. The van der Waals surface area contributed by atoms with Gasteiger partial charge in [-0.2, -0.15) is 0 Å². The van der Waals surface area contributed by atoms with Crippen molar-refractivity contribution >= 4 is 34.4 Å². The molecule has 0 aromatic carbocycles. The number of pyridine rings is 1. The lowest BCUT2D eigenvalue weighted by Gasteiger charge is -2.33. The Kier molecular flexibility index (Phi) is 4.03. The van der Waals surface area contributed by atoms with E-state index in [9.17, 15) is 18.4 Å². The Labute approximate surface area is 141 Å². The summed E-state index contributed by atoms with van der Waals surface area (Å²) < 4.78 is 28.0. The van der Waals surface area contributed by atoms with Gasteiger partial charge in [-0.15, -0.1) is 0 Å². The molecule has 128 valence electrons. The summed E-state index contributed by atoms with van der Waals surface area (Å²) in [6.45, 7) is 1.50. The van der Waals surface area contributed by atoms with Gasteiger partial charge in [-0.05, 0) is 13.0 Å². The molecular formula is C15H15ClF2N4O2. The number of nitrogens with zero attached hydrogens (tertiary/aromatic N) is 4. The first kappa shape index (κ1) is 16.8. The van der Waals surface area contributed by atoms with Crippen LogP contribution in [0.15, 0.2) is 10.9 Å². The van der Waals surface area contributed by atoms with Crippen molar-refractivity contribution in [2.75, 3.05) is 18.0 Å². The van der Waals surface area contributed by atoms with Gasteiger partial charge in [-0.1, -0.05) is 11.6 Å². The number of aromatic nitrogens is 3. The number of alkyl halides is 2. The number of piperidine rings is 1. The van der Waals surface area contributed by atoms with Crippen LogP contribution in [-0.2, 0) is 7.05 Å². The number of carbonyl (C=O) groups excluding carboxylic acids is 1. The van der Waals surface area contributed by atoms with Crippen molar-refractivity contribution in [1.82, 2.24) is 14.5 Å². The molecule has 6 nitrogen and oxygen atoms in total. The van der Waals surface area contributed by atoms with Crippen LogP contribution in [0.2, 0.25) is 5.15 Å². The molecule has 1 saturated heterocycles. The van der Waals surface area contributed by atoms with E-state index in [-0.39, 0.29) is 59.4 Å². The van der Waals surface area contributed by atoms with Crippen molar-refractivity contribution in [3.05, 3.63) is 27.1 Å². The molecule has 0 saturated carbocycles. The Morgan fingerprint density at radius 2 is 1.88 bits per heavy atom. The van der Waals surface area contributed by atoms with Crippen molar-refractivity contribution in [2.24, 2.45) is 7.05 Å². The molecule has 0 unspecified atom stereocenters. The summed E-state index contributed by atoms with van der Waals surface area (Å²) in [6, 6.07) is 1.35. The summed E-state index contributed by atoms with van der Waals surface area (Å²) in [5.41, 5.74) is -0.160. The zero-order valence-corrected chi connectivity index (χ0v) is 13.9. The molecule has 0 atom stereocenters. The van der Waals surface area contributed by atoms with Gasteiger partial charge in [-0.25, -0.2) is 18.7 Å². The topological polar surface area (TPSA) is 68.1 Å². The van der Waals surface area contributed by atoms with Gasteiger partial charge >= 0.3 is 0 Å². The van der Waals surface area contributed by atoms with E-state index < -0.39 is 11.5 Å². The highest BCUT2D eigenvalue weighted by molar-refractivity contribution is 6.30. The summed E-state index contributed by atoms with van der Waals surface area (Å²) in [6.07, 6.45) is -0.612. The van der Waals surface area contributed by atoms with Gasteiger partial charge in [0, 0.05) is 38.5 Å². The average Bonchev–Trinajstić information content (AvgIpc) is 2.51. The minimum atomic E-state index is -2.70. The molecule has 2 aromatic heterocycles. The molecule has 0 amide bonds. The summed E-state index contributed by atoms with van der Waals surface area (Å²) >= 11 is 5.88. The van der Waals surface area contributed by atoms with Crippen molar-refractivity contribution in [1.29, 1.82) is 0 Å².